The van der Waals surface area contributed by atoms with Crippen LogP contribution in [0, 0.1) is 5.41 Å². The summed E-state index contributed by atoms with van der Waals surface area (Å²) in [5.41, 5.74) is 6.43. The standard InChI is InChI=1S/C16H27N3O2/c1-5-10-19(12-16(2,3)11-17)15(20)18-13-6-8-14(21-4)9-7-13/h6-9H,5,10-12,17H2,1-4H3,(H,18,20). The minimum Gasteiger partial charge on any atom is -0.497 e. The maximum Gasteiger partial charge on any atom is 0.321 e. The molecule has 21 heavy (non-hydrogen) atoms. The van der Waals surface area contributed by atoms with Gasteiger partial charge in [0.25, 0.3) is 0 Å². The van der Waals surface area contributed by atoms with Crippen molar-refractivity contribution in [2.45, 2.75) is 27.2 Å². The second kappa shape index (κ2) is 7.88. The Morgan fingerprint density at radius 3 is 2.43 bits per heavy atom. The van der Waals surface area contributed by atoms with Crippen molar-refractivity contribution in [2.24, 2.45) is 11.1 Å². The number of benzene rings is 1. The number of amides is 2. The van der Waals surface area contributed by atoms with Gasteiger partial charge in [0.05, 0.1) is 7.11 Å². The number of nitrogens with zero attached hydrogens (tertiary/aromatic N) is 1. The van der Waals surface area contributed by atoms with Crippen molar-refractivity contribution in [2.75, 3.05) is 32.1 Å². The number of methoxy groups -OCH3 is 1. The number of ether oxygens (including phenoxy) is 1. The normalized spacial score (nSPS) is 11.1. The highest BCUT2D eigenvalue weighted by atomic mass is 16.5. The first kappa shape index (κ1) is 17.3. The molecule has 0 aliphatic rings. The van der Waals surface area contributed by atoms with E-state index >= 15 is 0 Å². The highest BCUT2D eigenvalue weighted by Crippen LogP contribution is 2.18. The Kier molecular flexibility index (Phi) is 6.49. The quantitative estimate of drug-likeness (QED) is 0.812. The fourth-order valence-electron chi connectivity index (χ4n) is 1.98. The summed E-state index contributed by atoms with van der Waals surface area (Å²) in [5.74, 6) is 0.766. The Bertz CT molecular complexity index is 443. The van der Waals surface area contributed by atoms with Crippen molar-refractivity contribution in [1.82, 2.24) is 4.90 Å². The molecule has 0 atom stereocenters. The van der Waals surface area contributed by atoms with E-state index in [9.17, 15) is 4.79 Å². The van der Waals surface area contributed by atoms with Gasteiger partial charge in [0, 0.05) is 18.8 Å². The minimum absolute atomic E-state index is 0.0909. The summed E-state index contributed by atoms with van der Waals surface area (Å²) < 4.78 is 5.10. The third kappa shape index (κ3) is 5.63. The van der Waals surface area contributed by atoms with E-state index in [1.54, 1.807) is 7.11 Å². The van der Waals surface area contributed by atoms with Crippen molar-refractivity contribution in [3.8, 4) is 5.75 Å². The van der Waals surface area contributed by atoms with Crippen molar-refractivity contribution >= 4 is 11.7 Å². The van der Waals surface area contributed by atoms with Crippen molar-refractivity contribution in [3.05, 3.63) is 24.3 Å². The first-order chi connectivity index (χ1) is 9.91. The summed E-state index contributed by atoms with van der Waals surface area (Å²) in [4.78, 5) is 14.2. The smallest absolute Gasteiger partial charge is 0.321 e. The molecule has 5 heteroatoms. The van der Waals surface area contributed by atoms with E-state index in [1.807, 2.05) is 29.2 Å². The molecule has 0 unspecified atom stereocenters. The van der Waals surface area contributed by atoms with Gasteiger partial charge in [-0.2, -0.15) is 0 Å². The van der Waals surface area contributed by atoms with Crippen LogP contribution in [-0.4, -0.2) is 37.7 Å². The molecule has 3 N–H and O–H groups in total. The molecule has 0 heterocycles. The van der Waals surface area contributed by atoms with Gasteiger partial charge in [-0.3, -0.25) is 0 Å². The zero-order valence-electron chi connectivity index (χ0n) is 13.5. The SMILES string of the molecule is CCCN(CC(C)(C)CN)C(=O)Nc1ccc(OC)cc1. The Morgan fingerprint density at radius 1 is 1.33 bits per heavy atom. The van der Waals surface area contributed by atoms with Crippen LogP contribution < -0.4 is 15.8 Å². The molecule has 0 aliphatic carbocycles. The van der Waals surface area contributed by atoms with Crippen LogP contribution in [0.2, 0.25) is 0 Å². The lowest BCUT2D eigenvalue weighted by Gasteiger charge is -2.31. The Labute approximate surface area is 127 Å². The number of hydrogen-bond donors (Lipinski definition) is 2. The summed E-state index contributed by atoms with van der Waals surface area (Å²) >= 11 is 0. The summed E-state index contributed by atoms with van der Waals surface area (Å²) in [5, 5.41) is 2.92. The van der Waals surface area contributed by atoms with Crippen molar-refractivity contribution in [1.29, 1.82) is 0 Å². The number of carbonyl (C=O) groups excluding carboxylic acids is 1. The molecule has 1 rings (SSSR count). The van der Waals surface area contributed by atoms with Gasteiger partial charge in [-0.1, -0.05) is 20.8 Å². The molecule has 0 aliphatic heterocycles. The molecule has 0 spiro atoms. The third-order valence-corrected chi connectivity index (χ3v) is 3.29. The molecule has 1 aromatic carbocycles. The maximum absolute atomic E-state index is 12.4. The number of urea groups is 1. The number of rotatable bonds is 7. The molecule has 118 valence electrons. The topological polar surface area (TPSA) is 67.6 Å². The fraction of sp³-hybridized carbons (Fsp3) is 0.562. The highest BCUT2D eigenvalue weighted by Gasteiger charge is 2.23. The Balaban J connectivity index is 2.71. The molecule has 0 radical (unpaired) electrons. The van der Waals surface area contributed by atoms with Gasteiger partial charge in [-0.05, 0) is 42.6 Å². The monoisotopic (exact) mass is 293 g/mol. The van der Waals surface area contributed by atoms with Crippen LogP contribution in [0.25, 0.3) is 0 Å². The van der Waals surface area contributed by atoms with Gasteiger partial charge in [-0.15, -0.1) is 0 Å². The van der Waals surface area contributed by atoms with Crippen LogP contribution >= 0.6 is 0 Å². The first-order valence-electron chi connectivity index (χ1n) is 7.32. The van der Waals surface area contributed by atoms with E-state index in [2.05, 4.69) is 26.1 Å². The van der Waals surface area contributed by atoms with Crippen LogP contribution in [0.1, 0.15) is 27.2 Å². The summed E-state index contributed by atoms with van der Waals surface area (Å²) in [7, 11) is 1.62. The van der Waals surface area contributed by atoms with Crippen LogP contribution in [0.3, 0.4) is 0 Å². The van der Waals surface area contributed by atoms with Crippen molar-refractivity contribution < 1.29 is 9.53 Å². The molecule has 2 amide bonds. The van der Waals surface area contributed by atoms with Gasteiger partial charge < -0.3 is 20.7 Å². The number of hydrogen-bond acceptors (Lipinski definition) is 3. The molecule has 0 saturated carbocycles. The molecular formula is C16H27N3O2. The van der Waals surface area contributed by atoms with Gasteiger partial charge in [0.2, 0.25) is 0 Å². The predicted octanol–water partition coefficient (Wildman–Crippen LogP) is 2.92. The van der Waals surface area contributed by atoms with Crippen LogP contribution in [-0.2, 0) is 0 Å². The summed E-state index contributed by atoms with van der Waals surface area (Å²) in [6.07, 6.45) is 0.913. The van der Waals surface area contributed by atoms with E-state index in [0.29, 0.717) is 19.6 Å². The molecule has 0 aromatic heterocycles. The van der Waals surface area contributed by atoms with E-state index < -0.39 is 0 Å². The molecule has 1 aromatic rings. The van der Waals surface area contributed by atoms with Crippen LogP contribution in [0.4, 0.5) is 10.5 Å². The van der Waals surface area contributed by atoms with Crippen LogP contribution in [0.5, 0.6) is 5.75 Å². The van der Waals surface area contributed by atoms with Gasteiger partial charge in [0.1, 0.15) is 5.75 Å². The van der Waals surface area contributed by atoms with Gasteiger partial charge in [0.15, 0.2) is 0 Å². The summed E-state index contributed by atoms with van der Waals surface area (Å²) in [6.45, 7) is 8.09. The number of nitrogens with one attached hydrogen (secondary N) is 1. The second-order valence-corrected chi connectivity index (χ2v) is 5.95. The lowest BCUT2D eigenvalue weighted by molar-refractivity contribution is 0.181. The number of anilines is 1. The average molecular weight is 293 g/mol. The molecular weight excluding hydrogens is 266 g/mol. The summed E-state index contributed by atoms with van der Waals surface area (Å²) in [6, 6.07) is 7.21. The Hall–Kier alpha value is -1.75. The van der Waals surface area contributed by atoms with E-state index in [0.717, 1.165) is 17.9 Å². The molecule has 0 fully saturated rings. The molecule has 0 saturated heterocycles. The van der Waals surface area contributed by atoms with Gasteiger partial charge >= 0.3 is 6.03 Å². The highest BCUT2D eigenvalue weighted by molar-refractivity contribution is 5.89. The number of nitrogens with two attached hydrogens (primary N) is 1. The van der Waals surface area contributed by atoms with E-state index in [4.69, 9.17) is 10.5 Å². The van der Waals surface area contributed by atoms with Gasteiger partial charge in [-0.25, -0.2) is 4.79 Å². The fourth-order valence-corrected chi connectivity index (χ4v) is 1.98. The van der Waals surface area contributed by atoms with Crippen molar-refractivity contribution in [3.63, 3.8) is 0 Å². The predicted molar refractivity (Wildman–Crippen MR) is 86.7 cm³/mol. The zero-order chi connectivity index (χ0) is 15.9. The average Bonchev–Trinajstić information content (AvgIpc) is 2.47. The van der Waals surface area contributed by atoms with E-state index in [-0.39, 0.29) is 11.4 Å². The minimum atomic E-state index is -0.0939. The largest absolute Gasteiger partial charge is 0.497 e. The first-order valence-corrected chi connectivity index (χ1v) is 7.32. The lowest BCUT2D eigenvalue weighted by Crippen LogP contribution is -2.44. The maximum atomic E-state index is 12.4. The third-order valence-electron chi connectivity index (χ3n) is 3.29. The molecule has 0 bridgehead atoms. The lowest BCUT2D eigenvalue weighted by atomic mass is 9.93. The second-order valence-electron chi connectivity index (χ2n) is 5.95. The number of carbonyl (C=O) groups is 1. The Morgan fingerprint density at radius 2 is 1.95 bits per heavy atom. The molecule has 5 nitrogen and oxygen atoms in total. The van der Waals surface area contributed by atoms with Crippen LogP contribution in [0.15, 0.2) is 24.3 Å². The van der Waals surface area contributed by atoms with E-state index in [1.165, 1.54) is 0 Å². The zero-order valence-corrected chi connectivity index (χ0v) is 13.5.